The van der Waals surface area contributed by atoms with Gasteiger partial charge in [0.25, 0.3) is 0 Å². The average molecular weight is 636 g/mol. The molecular formula is C31H48O3SSeSi2. The number of benzene rings is 2. The van der Waals surface area contributed by atoms with E-state index in [1.807, 2.05) is 24.3 Å². The van der Waals surface area contributed by atoms with Crippen LogP contribution in [0.5, 0.6) is 0 Å². The molecule has 0 bridgehead atoms. The van der Waals surface area contributed by atoms with E-state index in [1.54, 1.807) is 11.8 Å². The molecule has 0 aromatic heterocycles. The van der Waals surface area contributed by atoms with E-state index < -0.39 is 16.6 Å². The second-order valence-electron chi connectivity index (χ2n) is 12.9. The van der Waals surface area contributed by atoms with Crippen LogP contribution in [0.15, 0.2) is 77.0 Å². The van der Waals surface area contributed by atoms with Crippen LogP contribution in [-0.4, -0.2) is 48.5 Å². The zero-order valence-corrected chi connectivity index (χ0v) is 29.6. The minimum atomic E-state index is -2.09. The Bertz CT molecular complexity index is 1030. The van der Waals surface area contributed by atoms with Gasteiger partial charge in [0.2, 0.25) is 0 Å². The molecule has 0 aliphatic heterocycles. The molecule has 7 heteroatoms. The van der Waals surface area contributed by atoms with Crippen LogP contribution >= 0.6 is 11.8 Å². The Morgan fingerprint density at radius 3 is 1.87 bits per heavy atom. The van der Waals surface area contributed by atoms with E-state index in [-0.39, 0.29) is 41.9 Å². The SMILES string of the molecule is CC(C)(C)[Si](C)(C)O[C@H](CC(=O)[Se]c1ccccc1)C[C@H](/C=C/Sc1ccccc1)O[Si](C)(C)C(C)(C)C. The fraction of sp³-hybridized carbons (Fsp3) is 0.516. The molecule has 0 aliphatic rings. The molecular weight excluding hydrogens is 588 g/mol. The van der Waals surface area contributed by atoms with Gasteiger partial charge in [-0.2, -0.15) is 0 Å². The van der Waals surface area contributed by atoms with Crippen LogP contribution in [-0.2, 0) is 13.6 Å². The molecule has 0 spiro atoms. The third-order valence-corrected chi connectivity index (χ3v) is 19.4. The summed E-state index contributed by atoms with van der Waals surface area (Å²) in [5.74, 6) is 0. The van der Waals surface area contributed by atoms with Crippen molar-refractivity contribution in [1.82, 2.24) is 0 Å². The third-order valence-electron chi connectivity index (χ3n) is 7.62. The Kier molecular flexibility index (Phi) is 12.4. The molecule has 0 amide bonds. The number of carbonyl (C=O) groups excluding carboxylic acids is 1. The van der Waals surface area contributed by atoms with Crippen molar-refractivity contribution in [2.24, 2.45) is 0 Å². The molecule has 2 rings (SSSR count). The first-order chi connectivity index (χ1) is 17.5. The molecule has 0 heterocycles. The molecule has 0 saturated heterocycles. The molecule has 0 radical (unpaired) electrons. The first-order valence-corrected chi connectivity index (χ1v) is 21.9. The minimum absolute atomic E-state index is 0.0632. The predicted octanol–water partition coefficient (Wildman–Crippen LogP) is 8.41. The van der Waals surface area contributed by atoms with Gasteiger partial charge in [-0.3, -0.25) is 0 Å². The molecule has 0 unspecified atom stereocenters. The van der Waals surface area contributed by atoms with Gasteiger partial charge in [-0.15, -0.1) is 0 Å². The topological polar surface area (TPSA) is 35.5 Å². The molecule has 2 atom stereocenters. The van der Waals surface area contributed by atoms with Gasteiger partial charge in [0.1, 0.15) is 0 Å². The van der Waals surface area contributed by atoms with Crippen molar-refractivity contribution in [3.05, 3.63) is 72.1 Å². The van der Waals surface area contributed by atoms with E-state index in [0.29, 0.717) is 12.8 Å². The number of hydrogen-bond acceptors (Lipinski definition) is 4. The van der Waals surface area contributed by atoms with Gasteiger partial charge in [0, 0.05) is 0 Å². The summed E-state index contributed by atoms with van der Waals surface area (Å²) in [5.41, 5.74) is 0. The van der Waals surface area contributed by atoms with Crippen LogP contribution < -0.4 is 4.46 Å². The summed E-state index contributed by atoms with van der Waals surface area (Å²) in [4.78, 5) is 14.5. The summed E-state index contributed by atoms with van der Waals surface area (Å²) < 4.78 is 15.3. The van der Waals surface area contributed by atoms with Gasteiger partial charge >= 0.3 is 246 Å². The maximum atomic E-state index is 13.3. The summed E-state index contributed by atoms with van der Waals surface area (Å²) in [5, 5.41) is 2.30. The molecule has 210 valence electrons. The molecule has 2 aromatic rings. The Labute approximate surface area is 245 Å². The summed E-state index contributed by atoms with van der Waals surface area (Å²) in [6.07, 6.45) is 3.02. The van der Waals surface area contributed by atoms with E-state index in [9.17, 15) is 4.79 Å². The average Bonchev–Trinajstić information content (AvgIpc) is 2.78. The fourth-order valence-electron chi connectivity index (χ4n) is 3.30. The van der Waals surface area contributed by atoms with Gasteiger partial charge in [0.15, 0.2) is 0 Å². The maximum absolute atomic E-state index is 13.3. The molecule has 2 aromatic carbocycles. The van der Waals surface area contributed by atoms with Gasteiger partial charge in [0.05, 0.1) is 0 Å². The van der Waals surface area contributed by atoms with Crippen molar-refractivity contribution < 1.29 is 13.6 Å². The fourth-order valence-corrected chi connectivity index (χ4v) is 8.41. The summed E-state index contributed by atoms with van der Waals surface area (Å²) >= 11 is 1.48. The van der Waals surface area contributed by atoms with Gasteiger partial charge in [-0.25, -0.2) is 0 Å². The van der Waals surface area contributed by atoms with Crippen molar-refractivity contribution >= 4 is 52.5 Å². The normalized spacial score (nSPS) is 15.0. The molecule has 0 aliphatic carbocycles. The summed E-state index contributed by atoms with van der Waals surface area (Å²) in [7, 11) is -4.14. The van der Waals surface area contributed by atoms with Crippen molar-refractivity contribution in [2.75, 3.05) is 0 Å². The predicted molar refractivity (Wildman–Crippen MR) is 172 cm³/mol. The molecule has 0 N–H and O–H groups in total. The van der Waals surface area contributed by atoms with Crippen molar-refractivity contribution in [2.45, 2.75) is 108 Å². The van der Waals surface area contributed by atoms with E-state index >= 15 is 0 Å². The van der Waals surface area contributed by atoms with Gasteiger partial charge in [-0.05, 0) is 0 Å². The Morgan fingerprint density at radius 2 is 1.34 bits per heavy atom. The zero-order valence-electron chi connectivity index (χ0n) is 25.0. The number of rotatable bonds is 13. The van der Waals surface area contributed by atoms with Crippen LogP contribution in [0.2, 0.25) is 36.3 Å². The summed E-state index contributed by atoms with van der Waals surface area (Å²) in [6, 6.07) is 20.5. The van der Waals surface area contributed by atoms with E-state index in [0.717, 1.165) is 4.46 Å². The van der Waals surface area contributed by atoms with Crippen molar-refractivity contribution in [3.8, 4) is 0 Å². The van der Waals surface area contributed by atoms with Crippen LogP contribution in [0.4, 0.5) is 0 Å². The van der Waals surface area contributed by atoms with Crippen LogP contribution in [0.1, 0.15) is 54.4 Å². The second kappa shape index (κ2) is 14.1. The Morgan fingerprint density at radius 1 is 0.842 bits per heavy atom. The van der Waals surface area contributed by atoms with Gasteiger partial charge < -0.3 is 0 Å². The van der Waals surface area contributed by atoms with Crippen molar-refractivity contribution in [3.63, 3.8) is 0 Å². The molecule has 38 heavy (non-hydrogen) atoms. The second-order valence-corrected chi connectivity index (χ2v) is 25.8. The van der Waals surface area contributed by atoms with E-state index in [1.165, 1.54) is 4.90 Å². The number of hydrogen-bond donors (Lipinski definition) is 0. The van der Waals surface area contributed by atoms with Gasteiger partial charge in [-0.1, -0.05) is 0 Å². The van der Waals surface area contributed by atoms with Crippen molar-refractivity contribution in [1.29, 1.82) is 0 Å². The third kappa shape index (κ3) is 10.9. The van der Waals surface area contributed by atoms with E-state index in [4.69, 9.17) is 8.85 Å². The molecule has 0 fully saturated rings. The Balaban J connectivity index is 2.31. The first-order valence-electron chi connectivity index (χ1n) is 13.5. The first kappa shape index (κ1) is 33.3. The standard InChI is InChI=1S/C31H48O3SSeSi2/c1-30(2,3)37(7,8)33-25(21-22-35-27-17-13-11-14-18-27)23-26(34-38(9,10)31(4,5)6)24-29(32)36-28-19-15-12-16-20-28/h11-22,25-26H,23-24H2,1-10H3/b22-21+/t25-,26-/m0/s1. The monoisotopic (exact) mass is 636 g/mol. The van der Waals surface area contributed by atoms with Crippen LogP contribution in [0, 0.1) is 0 Å². The quantitative estimate of drug-likeness (QED) is 0.164. The number of thioether (sulfide) groups is 1. The molecule has 3 nitrogen and oxygen atoms in total. The van der Waals surface area contributed by atoms with Crippen LogP contribution in [0.3, 0.4) is 0 Å². The zero-order chi connectivity index (χ0) is 28.6. The summed E-state index contributed by atoms with van der Waals surface area (Å²) in [6.45, 7) is 22.7. The molecule has 0 saturated carbocycles. The number of carbonyl (C=O) groups is 1. The van der Waals surface area contributed by atoms with E-state index in [2.05, 4.69) is 116 Å². The Hall–Kier alpha value is -0.927. The van der Waals surface area contributed by atoms with Crippen LogP contribution in [0.25, 0.3) is 0 Å².